The molecule has 1 aliphatic rings. The Morgan fingerprint density at radius 2 is 2.47 bits per heavy atom. The largest absolute Gasteiger partial charge is 0.360 e. The number of hydrogen-bond acceptors (Lipinski definition) is 5. The first-order chi connectivity index (χ1) is 9.10. The third kappa shape index (κ3) is 3.54. The van der Waals surface area contributed by atoms with Crippen LogP contribution in [0.4, 0.5) is 11.5 Å². The van der Waals surface area contributed by atoms with Gasteiger partial charge in [0.25, 0.3) is 0 Å². The molecular weight excluding hydrogens is 268 g/mol. The van der Waals surface area contributed by atoms with Crippen molar-refractivity contribution in [3.05, 3.63) is 27.4 Å². The van der Waals surface area contributed by atoms with Gasteiger partial charge in [0, 0.05) is 24.8 Å². The van der Waals surface area contributed by atoms with E-state index in [1.807, 2.05) is 0 Å². The average molecular weight is 285 g/mol. The highest BCUT2D eigenvalue weighted by atomic mass is 35.5. The lowest BCUT2D eigenvalue weighted by Crippen LogP contribution is -2.42. The summed E-state index contributed by atoms with van der Waals surface area (Å²) in [5, 5.41) is 14.4. The first-order valence-corrected chi connectivity index (χ1v) is 6.76. The van der Waals surface area contributed by atoms with Crippen molar-refractivity contribution in [2.75, 3.05) is 25.0 Å². The molecule has 0 aromatic carbocycles. The predicted molar refractivity (Wildman–Crippen MR) is 74.7 cm³/mol. The highest BCUT2D eigenvalue weighted by Gasteiger charge is 2.23. The molecule has 1 unspecified atom stereocenters. The number of rotatable bonds is 4. The zero-order valence-electron chi connectivity index (χ0n) is 10.8. The number of hydrogen-bond donors (Lipinski definition) is 1. The summed E-state index contributed by atoms with van der Waals surface area (Å²) in [5.74, 6) is 0.303. The predicted octanol–water partition coefficient (Wildman–Crippen LogP) is 2.54. The number of likely N-dealkylation sites (N-methyl/N-ethyl adjacent to an activating group) is 1. The lowest BCUT2D eigenvalue weighted by atomic mass is 10.1. The Kier molecular flexibility index (Phi) is 4.55. The van der Waals surface area contributed by atoms with E-state index in [9.17, 15) is 10.1 Å². The number of nitrogens with zero attached hydrogens (tertiary/aromatic N) is 3. The van der Waals surface area contributed by atoms with Crippen molar-refractivity contribution in [1.29, 1.82) is 0 Å². The van der Waals surface area contributed by atoms with Gasteiger partial charge in [0.05, 0.1) is 9.95 Å². The standard InChI is InChI=1S/C12H17ClN4O2/c1-2-16-5-3-4-10(8-16)15-12-11(17(18)19)6-9(13)7-14-12/h6-7,10H,2-5,8H2,1H3,(H,14,15). The van der Waals surface area contributed by atoms with Gasteiger partial charge in [0.15, 0.2) is 0 Å². The normalized spacial score (nSPS) is 20.2. The van der Waals surface area contributed by atoms with Crippen molar-refractivity contribution in [3.8, 4) is 0 Å². The summed E-state index contributed by atoms with van der Waals surface area (Å²) in [4.78, 5) is 16.9. The molecule has 1 N–H and O–H groups in total. The van der Waals surface area contributed by atoms with Gasteiger partial charge in [-0.3, -0.25) is 10.1 Å². The van der Waals surface area contributed by atoms with E-state index in [4.69, 9.17) is 11.6 Å². The van der Waals surface area contributed by atoms with E-state index >= 15 is 0 Å². The van der Waals surface area contributed by atoms with Crippen LogP contribution in [0.5, 0.6) is 0 Å². The summed E-state index contributed by atoms with van der Waals surface area (Å²) in [5.41, 5.74) is -0.0684. The van der Waals surface area contributed by atoms with Gasteiger partial charge < -0.3 is 10.2 Å². The lowest BCUT2D eigenvalue weighted by molar-refractivity contribution is -0.384. The summed E-state index contributed by atoms with van der Waals surface area (Å²) >= 11 is 5.75. The fourth-order valence-electron chi connectivity index (χ4n) is 2.33. The van der Waals surface area contributed by atoms with Crippen molar-refractivity contribution in [2.45, 2.75) is 25.8 Å². The molecule has 104 valence electrons. The number of halogens is 1. The summed E-state index contributed by atoms with van der Waals surface area (Å²) < 4.78 is 0. The van der Waals surface area contributed by atoms with Gasteiger partial charge in [-0.05, 0) is 25.9 Å². The van der Waals surface area contributed by atoms with Gasteiger partial charge in [0.2, 0.25) is 5.82 Å². The average Bonchev–Trinajstić information content (AvgIpc) is 2.41. The summed E-state index contributed by atoms with van der Waals surface area (Å²) in [6.07, 6.45) is 3.52. The molecule has 0 bridgehead atoms. The van der Waals surface area contributed by atoms with Crippen LogP contribution in [0.25, 0.3) is 0 Å². The number of pyridine rings is 1. The molecule has 1 aromatic heterocycles. The molecule has 6 nitrogen and oxygen atoms in total. The Morgan fingerprint density at radius 1 is 1.68 bits per heavy atom. The van der Waals surface area contributed by atoms with Crippen LogP contribution in [0.2, 0.25) is 5.02 Å². The van der Waals surface area contributed by atoms with Crippen LogP contribution in [0, 0.1) is 10.1 Å². The number of anilines is 1. The van der Waals surface area contributed by atoms with Crippen LogP contribution in [-0.2, 0) is 0 Å². The monoisotopic (exact) mass is 284 g/mol. The highest BCUT2D eigenvalue weighted by molar-refractivity contribution is 6.30. The van der Waals surface area contributed by atoms with Crippen LogP contribution in [-0.4, -0.2) is 40.5 Å². The molecule has 1 atom stereocenters. The SMILES string of the molecule is CCN1CCCC(Nc2ncc(Cl)cc2[N+](=O)[O-])C1. The topological polar surface area (TPSA) is 71.3 Å². The molecule has 2 rings (SSSR count). The maximum atomic E-state index is 11.0. The van der Waals surface area contributed by atoms with Crippen LogP contribution in [0.15, 0.2) is 12.3 Å². The van der Waals surface area contributed by atoms with Gasteiger partial charge in [-0.25, -0.2) is 4.98 Å². The van der Waals surface area contributed by atoms with Gasteiger partial charge in [-0.15, -0.1) is 0 Å². The fraction of sp³-hybridized carbons (Fsp3) is 0.583. The van der Waals surface area contributed by atoms with E-state index in [1.54, 1.807) is 0 Å². The summed E-state index contributed by atoms with van der Waals surface area (Å²) in [6.45, 7) is 5.09. The van der Waals surface area contributed by atoms with Crippen molar-refractivity contribution in [1.82, 2.24) is 9.88 Å². The fourth-order valence-corrected chi connectivity index (χ4v) is 2.49. The van der Waals surface area contributed by atoms with E-state index in [0.29, 0.717) is 5.82 Å². The Bertz CT molecular complexity index is 469. The minimum atomic E-state index is -0.457. The first kappa shape index (κ1) is 14.0. The molecule has 0 amide bonds. The minimum Gasteiger partial charge on any atom is -0.360 e. The van der Waals surface area contributed by atoms with Crippen molar-refractivity contribution in [3.63, 3.8) is 0 Å². The maximum absolute atomic E-state index is 11.0. The Hall–Kier alpha value is -1.40. The van der Waals surface area contributed by atoms with Crippen molar-refractivity contribution >= 4 is 23.1 Å². The number of aromatic nitrogens is 1. The second-order valence-corrected chi connectivity index (χ2v) is 5.09. The Labute approximate surface area is 116 Å². The summed E-state index contributed by atoms with van der Waals surface area (Å²) in [7, 11) is 0. The number of likely N-dealkylation sites (tertiary alicyclic amines) is 1. The Morgan fingerprint density at radius 3 is 3.16 bits per heavy atom. The van der Waals surface area contributed by atoms with E-state index in [-0.39, 0.29) is 16.8 Å². The van der Waals surface area contributed by atoms with Crippen LogP contribution >= 0.6 is 11.6 Å². The molecule has 1 aromatic rings. The van der Waals surface area contributed by atoms with Gasteiger partial charge >= 0.3 is 5.69 Å². The third-order valence-electron chi connectivity index (χ3n) is 3.32. The number of piperidine rings is 1. The van der Waals surface area contributed by atoms with E-state index in [1.165, 1.54) is 12.3 Å². The molecule has 0 aliphatic carbocycles. The van der Waals surface area contributed by atoms with E-state index in [2.05, 4.69) is 22.1 Å². The van der Waals surface area contributed by atoms with E-state index < -0.39 is 4.92 Å². The quantitative estimate of drug-likeness (QED) is 0.679. The van der Waals surface area contributed by atoms with Gasteiger partial charge in [-0.2, -0.15) is 0 Å². The zero-order valence-corrected chi connectivity index (χ0v) is 11.6. The molecule has 1 aliphatic heterocycles. The molecule has 0 spiro atoms. The molecule has 7 heteroatoms. The molecule has 0 radical (unpaired) electrons. The third-order valence-corrected chi connectivity index (χ3v) is 3.53. The van der Waals surface area contributed by atoms with Crippen LogP contribution in [0.1, 0.15) is 19.8 Å². The molecular formula is C12H17ClN4O2. The minimum absolute atomic E-state index is 0.0684. The smallest absolute Gasteiger partial charge is 0.312 e. The van der Waals surface area contributed by atoms with Crippen LogP contribution in [0.3, 0.4) is 0 Å². The molecule has 19 heavy (non-hydrogen) atoms. The maximum Gasteiger partial charge on any atom is 0.312 e. The zero-order chi connectivity index (χ0) is 13.8. The van der Waals surface area contributed by atoms with E-state index in [0.717, 1.165) is 32.5 Å². The van der Waals surface area contributed by atoms with Gasteiger partial charge in [0.1, 0.15) is 0 Å². The van der Waals surface area contributed by atoms with Gasteiger partial charge in [-0.1, -0.05) is 18.5 Å². The van der Waals surface area contributed by atoms with Crippen molar-refractivity contribution in [2.24, 2.45) is 0 Å². The second kappa shape index (κ2) is 6.16. The molecule has 0 saturated carbocycles. The molecule has 2 heterocycles. The number of nitrogens with one attached hydrogen (secondary N) is 1. The lowest BCUT2D eigenvalue weighted by Gasteiger charge is -2.32. The highest BCUT2D eigenvalue weighted by Crippen LogP contribution is 2.26. The van der Waals surface area contributed by atoms with Crippen LogP contribution < -0.4 is 5.32 Å². The molecule has 1 fully saturated rings. The number of nitro groups is 1. The Balaban J connectivity index is 2.12. The summed E-state index contributed by atoms with van der Waals surface area (Å²) in [6, 6.07) is 1.53. The second-order valence-electron chi connectivity index (χ2n) is 4.66. The van der Waals surface area contributed by atoms with Crippen molar-refractivity contribution < 1.29 is 4.92 Å². The molecule has 1 saturated heterocycles. The first-order valence-electron chi connectivity index (χ1n) is 6.39.